The molecule has 2 aliphatic rings. The number of hydrogen-bond acceptors (Lipinski definition) is 2. The van der Waals surface area contributed by atoms with Gasteiger partial charge >= 0.3 is 0 Å². The average molecular weight is 142 g/mol. The second-order valence-corrected chi connectivity index (χ2v) is 4.21. The first-order valence-electron chi connectivity index (χ1n) is 3.33. The molecular formula is C7H10OS. The van der Waals surface area contributed by atoms with Gasteiger partial charge in [0.05, 0.1) is 0 Å². The summed E-state index contributed by atoms with van der Waals surface area (Å²) >= 11 is 1.98. The van der Waals surface area contributed by atoms with Crippen LogP contribution < -0.4 is 0 Å². The van der Waals surface area contributed by atoms with Crippen LogP contribution in [0.1, 0.15) is 13.3 Å². The first-order chi connectivity index (χ1) is 4.25. The van der Waals surface area contributed by atoms with Crippen molar-refractivity contribution in [1.82, 2.24) is 0 Å². The van der Waals surface area contributed by atoms with Gasteiger partial charge in [0.25, 0.3) is 0 Å². The minimum absolute atomic E-state index is 0.412. The van der Waals surface area contributed by atoms with Gasteiger partial charge < -0.3 is 0 Å². The Morgan fingerprint density at radius 3 is 2.44 bits per heavy atom. The van der Waals surface area contributed by atoms with Crippen molar-refractivity contribution in [2.45, 2.75) is 13.3 Å². The van der Waals surface area contributed by atoms with Crippen LogP contribution in [0.5, 0.6) is 0 Å². The van der Waals surface area contributed by atoms with Crippen LogP contribution in [0.3, 0.4) is 0 Å². The highest BCUT2D eigenvalue weighted by molar-refractivity contribution is 8.00. The van der Waals surface area contributed by atoms with Gasteiger partial charge in [-0.05, 0) is 18.8 Å². The predicted molar refractivity (Wildman–Crippen MR) is 38.5 cm³/mol. The number of rotatable bonds is 1. The van der Waals surface area contributed by atoms with E-state index in [9.17, 15) is 4.79 Å². The Labute approximate surface area is 59.2 Å². The average Bonchev–Trinajstić information content (AvgIpc) is 2.34. The van der Waals surface area contributed by atoms with Crippen LogP contribution in [0.4, 0.5) is 0 Å². The Morgan fingerprint density at radius 2 is 2.33 bits per heavy atom. The molecular weight excluding hydrogens is 132 g/mol. The van der Waals surface area contributed by atoms with Crippen molar-refractivity contribution in [2.24, 2.45) is 11.3 Å². The highest BCUT2D eigenvalue weighted by Gasteiger charge is 2.60. The molecule has 0 amide bonds. The molecule has 1 atom stereocenters. The summed E-state index contributed by atoms with van der Waals surface area (Å²) in [5.41, 5.74) is 0.524. The normalized spacial score (nSPS) is 35.9. The molecule has 1 saturated carbocycles. The summed E-state index contributed by atoms with van der Waals surface area (Å²) in [6.07, 6.45) is 1.19. The van der Waals surface area contributed by atoms with Gasteiger partial charge in [-0.1, -0.05) is 0 Å². The fraction of sp³-hybridized carbons (Fsp3) is 0.857. The molecule has 0 bridgehead atoms. The molecule has 2 rings (SSSR count). The van der Waals surface area contributed by atoms with Gasteiger partial charge in [0, 0.05) is 17.4 Å². The fourth-order valence-corrected chi connectivity index (χ4v) is 2.97. The van der Waals surface area contributed by atoms with E-state index in [2.05, 4.69) is 0 Å². The van der Waals surface area contributed by atoms with E-state index in [0.717, 1.165) is 0 Å². The molecule has 0 radical (unpaired) electrons. The van der Waals surface area contributed by atoms with E-state index in [1.165, 1.54) is 17.9 Å². The van der Waals surface area contributed by atoms with Crippen LogP contribution in [-0.4, -0.2) is 17.3 Å². The Kier molecular flexibility index (Phi) is 0.989. The van der Waals surface area contributed by atoms with Gasteiger partial charge in [-0.3, -0.25) is 4.79 Å². The quantitative estimate of drug-likeness (QED) is 0.549. The third-order valence-corrected chi connectivity index (χ3v) is 4.02. The molecule has 1 spiro atoms. The zero-order valence-electron chi connectivity index (χ0n) is 5.52. The summed E-state index contributed by atoms with van der Waals surface area (Å²) in [6.45, 7) is 1.72. The molecule has 1 nitrogen and oxygen atoms in total. The molecule has 50 valence electrons. The SMILES string of the molecule is CC(=O)C1CC12CSC2. The van der Waals surface area contributed by atoms with Gasteiger partial charge in [0.1, 0.15) is 5.78 Å². The third-order valence-electron chi connectivity index (χ3n) is 2.46. The summed E-state index contributed by atoms with van der Waals surface area (Å²) < 4.78 is 0. The van der Waals surface area contributed by atoms with E-state index < -0.39 is 0 Å². The maximum absolute atomic E-state index is 10.8. The summed E-state index contributed by atoms with van der Waals surface area (Å²) in [6, 6.07) is 0. The number of Topliss-reactive ketones (excluding diaryl/α,β-unsaturated/α-hetero) is 1. The third kappa shape index (κ3) is 0.658. The van der Waals surface area contributed by atoms with Crippen molar-refractivity contribution in [3.8, 4) is 0 Å². The minimum Gasteiger partial charge on any atom is -0.300 e. The number of thioether (sulfide) groups is 1. The molecule has 1 unspecified atom stereocenters. The molecule has 0 aromatic rings. The summed E-state index contributed by atoms with van der Waals surface area (Å²) in [7, 11) is 0. The van der Waals surface area contributed by atoms with Crippen molar-refractivity contribution in [1.29, 1.82) is 0 Å². The monoisotopic (exact) mass is 142 g/mol. The second-order valence-electron chi connectivity index (χ2n) is 3.22. The number of carbonyl (C=O) groups excluding carboxylic acids is 1. The predicted octanol–water partition coefficient (Wildman–Crippen LogP) is 1.33. The molecule has 0 N–H and O–H groups in total. The highest BCUT2D eigenvalue weighted by Crippen LogP contribution is 2.62. The summed E-state index contributed by atoms with van der Waals surface area (Å²) in [4.78, 5) is 10.8. The zero-order valence-corrected chi connectivity index (χ0v) is 6.33. The maximum atomic E-state index is 10.8. The molecule has 0 aromatic carbocycles. The second kappa shape index (κ2) is 1.54. The van der Waals surface area contributed by atoms with E-state index in [1.807, 2.05) is 11.8 Å². The van der Waals surface area contributed by atoms with Crippen LogP contribution in [0.15, 0.2) is 0 Å². The molecule has 9 heavy (non-hydrogen) atoms. The van der Waals surface area contributed by atoms with Gasteiger partial charge in [0.2, 0.25) is 0 Å². The number of ketones is 1. The van der Waals surface area contributed by atoms with Crippen molar-refractivity contribution in [3.63, 3.8) is 0 Å². The van der Waals surface area contributed by atoms with E-state index in [4.69, 9.17) is 0 Å². The maximum Gasteiger partial charge on any atom is 0.133 e. The van der Waals surface area contributed by atoms with E-state index >= 15 is 0 Å². The lowest BCUT2D eigenvalue weighted by molar-refractivity contribution is -0.118. The van der Waals surface area contributed by atoms with E-state index in [1.54, 1.807) is 6.92 Å². The van der Waals surface area contributed by atoms with Crippen molar-refractivity contribution in [2.75, 3.05) is 11.5 Å². The first-order valence-corrected chi connectivity index (χ1v) is 4.48. The fourth-order valence-electron chi connectivity index (χ4n) is 1.61. The van der Waals surface area contributed by atoms with Crippen molar-refractivity contribution in [3.05, 3.63) is 0 Å². The number of carbonyl (C=O) groups is 1. The Morgan fingerprint density at radius 1 is 1.67 bits per heavy atom. The smallest absolute Gasteiger partial charge is 0.133 e. The first kappa shape index (κ1) is 5.78. The van der Waals surface area contributed by atoms with Gasteiger partial charge in [0.15, 0.2) is 0 Å². The lowest BCUT2D eigenvalue weighted by Crippen LogP contribution is -2.23. The Hall–Kier alpha value is 0.0200. The molecule has 0 aromatic heterocycles. The van der Waals surface area contributed by atoms with Crippen LogP contribution in [0.2, 0.25) is 0 Å². The summed E-state index contributed by atoms with van der Waals surface area (Å²) in [5, 5.41) is 0. The molecule has 2 heteroatoms. The molecule has 2 fully saturated rings. The molecule has 1 aliphatic carbocycles. The molecule has 1 aliphatic heterocycles. The van der Waals surface area contributed by atoms with Crippen LogP contribution in [0.25, 0.3) is 0 Å². The zero-order chi connectivity index (χ0) is 6.48. The Balaban J connectivity index is 2.01. The van der Waals surface area contributed by atoms with Gasteiger partial charge in [-0.15, -0.1) is 0 Å². The lowest BCUT2D eigenvalue weighted by Gasteiger charge is -2.25. The minimum atomic E-state index is 0.412. The molecule has 1 saturated heterocycles. The van der Waals surface area contributed by atoms with Crippen molar-refractivity contribution >= 4 is 17.5 Å². The van der Waals surface area contributed by atoms with Crippen LogP contribution in [0, 0.1) is 11.3 Å². The summed E-state index contributed by atoms with van der Waals surface area (Å²) in [5.74, 6) is 3.36. The largest absolute Gasteiger partial charge is 0.300 e. The van der Waals surface area contributed by atoms with E-state index in [-0.39, 0.29) is 0 Å². The van der Waals surface area contributed by atoms with Gasteiger partial charge in [-0.2, -0.15) is 11.8 Å². The van der Waals surface area contributed by atoms with Crippen LogP contribution in [-0.2, 0) is 4.79 Å². The van der Waals surface area contributed by atoms with Crippen LogP contribution >= 0.6 is 11.8 Å². The standard InChI is InChI=1S/C7H10OS/c1-5(8)6-2-7(6)3-9-4-7/h6H,2-4H2,1H3. The van der Waals surface area contributed by atoms with Gasteiger partial charge in [-0.25, -0.2) is 0 Å². The number of hydrogen-bond donors (Lipinski definition) is 0. The highest BCUT2D eigenvalue weighted by atomic mass is 32.2. The van der Waals surface area contributed by atoms with E-state index in [0.29, 0.717) is 17.1 Å². The topological polar surface area (TPSA) is 17.1 Å². The van der Waals surface area contributed by atoms with Crippen molar-refractivity contribution < 1.29 is 4.79 Å². The lowest BCUT2D eigenvalue weighted by atomic mass is 10.1. The Bertz CT molecular complexity index is 160. The molecule has 1 heterocycles.